The Balaban J connectivity index is 1.45. The van der Waals surface area contributed by atoms with Gasteiger partial charge in [0.15, 0.2) is 0 Å². The molecule has 0 saturated heterocycles. The molecule has 0 saturated carbocycles. The van der Waals surface area contributed by atoms with E-state index in [1.807, 2.05) is 24.3 Å². The summed E-state index contributed by atoms with van der Waals surface area (Å²) in [6, 6.07) is 16.4. The van der Waals surface area contributed by atoms with Gasteiger partial charge in [0.1, 0.15) is 11.9 Å². The second kappa shape index (κ2) is 6.04. The Kier molecular flexibility index (Phi) is 3.75. The van der Waals surface area contributed by atoms with Crippen LogP contribution in [0, 0.1) is 6.92 Å². The third-order valence-electron chi connectivity index (χ3n) is 3.83. The van der Waals surface area contributed by atoms with Crippen molar-refractivity contribution in [3.63, 3.8) is 0 Å². The summed E-state index contributed by atoms with van der Waals surface area (Å²) in [6.45, 7) is 2.06. The van der Waals surface area contributed by atoms with Crippen LogP contribution in [0.25, 0.3) is 5.69 Å². The number of fused-ring (bicyclic) bond motifs is 1. The lowest BCUT2D eigenvalue weighted by Crippen LogP contribution is -2.16. The van der Waals surface area contributed by atoms with Crippen molar-refractivity contribution in [2.45, 2.75) is 24.6 Å². The zero-order chi connectivity index (χ0) is 15.6. The summed E-state index contributed by atoms with van der Waals surface area (Å²) in [5, 5.41) is 12.8. The van der Waals surface area contributed by atoms with Crippen LogP contribution < -0.4 is 4.74 Å². The van der Waals surface area contributed by atoms with Crippen LogP contribution in [-0.2, 0) is 6.42 Å². The van der Waals surface area contributed by atoms with Crippen LogP contribution in [-0.4, -0.2) is 32.1 Å². The van der Waals surface area contributed by atoms with Crippen molar-refractivity contribution < 1.29 is 4.74 Å². The number of hydrogen-bond acceptors (Lipinski definition) is 5. The van der Waals surface area contributed by atoms with Crippen molar-refractivity contribution in [3.8, 4) is 11.4 Å². The molecule has 6 heteroatoms. The van der Waals surface area contributed by atoms with Gasteiger partial charge in [-0.1, -0.05) is 47.7 Å². The lowest BCUT2D eigenvalue weighted by Gasteiger charge is -2.10. The van der Waals surface area contributed by atoms with Crippen LogP contribution >= 0.6 is 11.8 Å². The molecule has 23 heavy (non-hydrogen) atoms. The molecule has 5 nitrogen and oxygen atoms in total. The molecule has 1 aliphatic heterocycles. The van der Waals surface area contributed by atoms with Crippen LogP contribution in [0.4, 0.5) is 0 Å². The molecule has 0 fully saturated rings. The number of benzene rings is 2. The summed E-state index contributed by atoms with van der Waals surface area (Å²) in [5.74, 6) is 1.82. The predicted octanol–water partition coefficient (Wildman–Crippen LogP) is 3.07. The fourth-order valence-electron chi connectivity index (χ4n) is 2.63. The quantitative estimate of drug-likeness (QED) is 0.690. The standard InChI is InChI=1S/C17H16N4OS/c1-12-6-8-14(9-7-12)21-17(18-19-20-21)23-11-15-10-13-4-2-3-5-16(13)22-15/h2-9,15H,10-11H2,1H3/t15-/m1/s1. The summed E-state index contributed by atoms with van der Waals surface area (Å²) in [6.07, 6.45) is 1.11. The molecule has 2 heterocycles. The fourth-order valence-corrected chi connectivity index (χ4v) is 3.51. The molecule has 2 aromatic carbocycles. The van der Waals surface area contributed by atoms with E-state index in [9.17, 15) is 0 Å². The first-order valence-corrected chi connectivity index (χ1v) is 8.51. The average Bonchev–Trinajstić information content (AvgIpc) is 3.19. The predicted molar refractivity (Wildman–Crippen MR) is 89.2 cm³/mol. The van der Waals surface area contributed by atoms with Gasteiger partial charge in [-0.15, -0.1) is 5.10 Å². The highest BCUT2D eigenvalue weighted by Gasteiger charge is 2.23. The molecule has 0 aliphatic carbocycles. The summed E-state index contributed by atoms with van der Waals surface area (Å²) < 4.78 is 7.74. The molecule has 1 aliphatic rings. The Hall–Kier alpha value is -2.34. The minimum Gasteiger partial charge on any atom is -0.489 e. The monoisotopic (exact) mass is 324 g/mol. The second-order valence-corrected chi connectivity index (χ2v) is 6.56. The Labute approximate surface area is 138 Å². The highest BCUT2D eigenvalue weighted by molar-refractivity contribution is 7.99. The fraction of sp³-hybridized carbons (Fsp3) is 0.235. The smallest absolute Gasteiger partial charge is 0.214 e. The van der Waals surface area contributed by atoms with Crippen LogP contribution in [0.5, 0.6) is 5.75 Å². The molecule has 0 spiro atoms. The van der Waals surface area contributed by atoms with Gasteiger partial charge in [0.05, 0.1) is 5.69 Å². The largest absolute Gasteiger partial charge is 0.489 e. The third-order valence-corrected chi connectivity index (χ3v) is 4.88. The minimum atomic E-state index is 0.167. The first-order chi connectivity index (χ1) is 11.3. The van der Waals surface area contributed by atoms with Gasteiger partial charge in [-0.25, -0.2) is 0 Å². The van der Waals surface area contributed by atoms with E-state index < -0.39 is 0 Å². The lowest BCUT2D eigenvalue weighted by atomic mass is 10.1. The van der Waals surface area contributed by atoms with Gasteiger partial charge in [-0.05, 0) is 41.1 Å². The number of aryl methyl sites for hydroxylation is 1. The normalized spacial score (nSPS) is 16.1. The maximum Gasteiger partial charge on any atom is 0.214 e. The van der Waals surface area contributed by atoms with Crippen molar-refractivity contribution >= 4 is 11.8 Å². The van der Waals surface area contributed by atoms with Gasteiger partial charge in [0.2, 0.25) is 5.16 Å². The van der Waals surface area contributed by atoms with Crippen molar-refractivity contribution in [1.29, 1.82) is 0 Å². The summed E-state index contributed by atoms with van der Waals surface area (Å²) in [5.41, 5.74) is 3.46. The SMILES string of the molecule is Cc1ccc(-n2nnnc2SC[C@H]2Cc3ccccc3O2)cc1. The zero-order valence-corrected chi connectivity index (χ0v) is 13.5. The van der Waals surface area contributed by atoms with E-state index in [1.54, 1.807) is 16.4 Å². The van der Waals surface area contributed by atoms with E-state index in [4.69, 9.17) is 4.74 Å². The van der Waals surface area contributed by atoms with E-state index in [2.05, 4.69) is 46.7 Å². The van der Waals surface area contributed by atoms with Gasteiger partial charge in [0.25, 0.3) is 0 Å². The third kappa shape index (κ3) is 2.94. The Morgan fingerprint density at radius 3 is 2.83 bits per heavy atom. The summed E-state index contributed by atoms with van der Waals surface area (Å²) >= 11 is 1.62. The highest BCUT2D eigenvalue weighted by Crippen LogP contribution is 2.31. The van der Waals surface area contributed by atoms with Crippen LogP contribution in [0.3, 0.4) is 0 Å². The summed E-state index contributed by atoms with van der Waals surface area (Å²) in [4.78, 5) is 0. The topological polar surface area (TPSA) is 52.8 Å². The average molecular weight is 324 g/mol. The van der Waals surface area contributed by atoms with Crippen LogP contribution in [0.2, 0.25) is 0 Å². The molecule has 116 valence electrons. The Morgan fingerprint density at radius 1 is 1.17 bits per heavy atom. The molecule has 0 radical (unpaired) electrons. The van der Waals surface area contributed by atoms with E-state index in [1.165, 1.54) is 11.1 Å². The molecule has 1 aromatic heterocycles. The Bertz CT molecular complexity index is 790. The molecule has 3 aromatic rings. The molecular formula is C17H16N4OS. The van der Waals surface area contributed by atoms with Crippen LogP contribution in [0.1, 0.15) is 11.1 Å². The Morgan fingerprint density at radius 2 is 2.00 bits per heavy atom. The molecule has 1 atom stereocenters. The number of ether oxygens (including phenoxy) is 1. The van der Waals surface area contributed by atoms with Gasteiger partial charge in [-0.2, -0.15) is 4.68 Å². The van der Waals surface area contributed by atoms with Crippen molar-refractivity contribution in [1.82, 2.24) is 20.2 Å². The molecule has 0 unspecified atom stereocenters. The number of hydrogen-bond donors (Lipinski definition) is 0. The number of rotatable bonds is 4. The van der Waals surface area contributed by atoms with E-state index in [0.29, 0.717) is 0 Å². The number of tetrazole rings is 1. The van der Waals surface area contributed by atoms with Gasteiger partial charge in [-0.3, -0.25) is 0 Å². The van der Waals surface area contributed by atoms with Gasteiger partial charge in [0, 0.05) is 12.2 Å². The van der Waals surface area contributed by atoms with Crippen molar-refractivity contribution in [3.05, 3.63) is 59.7 Å². The van der Waals surface area contributed by atoms with Crippen molar-refractivity contribution in [2.75, 3.05) is 5.75 Å². The van der Waals surface area contributed by atoms with E-state index >= 15 is 0 Å². The molecule has 0 amide bonds. The molecule has 4 rings (SSSR count). The number of para-hydroxylation sites is 1. The minimum absolute atomic E-state index is 0.167. The number of thioether (sulfide) groups is 1. The first kappa shape index (κ1) is 14.3. The van der Waals surface area contributed by atoms with E-state index in [-0.39, 0.29) is 6.10 Å². The van der Waals surface area contributed by atoms with Gasteiger partial charge >= 0.3 is 0 Å². The summed E-state index contributed by atoms with van der Waals surface area (Å²) in [7, 11) is 0. The maximum atomic E-state index is 5.97. The van der Waals surface area contributed by atoms with Gasteiger partial charge < -0.3 is 4.74 Å². The second-order valence-electron chi connectivity index (χ2n) is 5.57. The number of aromatic nitrogens is 4. The van der Waals surface area contributed by atoms with E-state index in [0.717, 1.165) is 28.8 Å². The molecule has 0 bridgehead atoms. The maximum absolute atomic E-state index is 5.97. The highest BCUT2D eigenvalue weighted by atomic mass is 32.2. The van der Waals surface area contributed by atoms with Crippen LogP contribution in [0.15, 0.2) is 53.7 Å². The van der Waals surface area contributed by atoms with Crippen molar-refractivity contribution in [2.24, 2.45) is 0 Å². The zero-order valence-electron chi connectivity index (χ0n) is 12.7. The number of nitrogens with zero attached hydrogens (tertiary/aromatic N) is 4. The molecular weight excluding hydrogens is 308 g/mol. The lowest BCUT2D eigenvalue weighted by molar-refractivity contribution is 0.259. The first-order valence-electron chi connectivity index (χ1n) is 7.52. The molecule has 0 N–H and O–H groups in total.